The third-order valence-electron chi connectivity index (χ3n) is 3.50. The molecule has 0 spiro atoms. The first-order chi connectivity index (χ1) is 7.95. The van der Waals surface area contributed by atoms with Crippen LogP contribution in [0, 0.1) is 5.92 Å². The number of piperidine rings is 1. The van der Waals surface area contributed by atoms with Crippen molar-refractivity contribution < 1.29 is 0 Å². The maximum Gasteiger partial charge on any atom is 0.0944 e. The van der Waals surface area contributed by atoms with Gasteiger partial charge >= 0.3 is 0 Å². The summed E-state index contributed by atoms with van der Waals surface area (Å²) in [6, 6.07) is 0.637. The summed E-state index contributed by atoms with van der Waals surface area (Å²) in [4.78, 5) is 4.78. The predicted molar refractivity (Wildman–Crippen MR) is 74.7 cm³/mol. The average molecular weight is 252 g/mol. The minimum absolute atomic E-state index is 0.183. The van der Waals surface area contributed by atoms with Crippen LogP contribution in [0.4, 0.5) is 0 Å². The molecular formula is C14H24N2S. The van der Waals surface area contributed by atoms with Crippen LogP contribution in [0.5, 0.6) is 0 Å². The zero-order valence-corrected chi connectivity index (χ0v) is 12.2. The largest absolute Gasteiger partial charge is 0.314 e. The minimum Gasteiger partial charge on any atom is -0.314 e. The molecule has 1 fully saturated rings. The molecule has 0 radical (unpaired) electrons. The van der Waals surface area contributed by atoms with E-state index in [0.29, 0.717) is 6.04 Å². The van der Waals surface area contributed by atoms with E-state index in [1.807, 2.05) is 11.3 Å². The molecule has 0 bridgehead atoms. The van der Waals surface area contributed by atoms with E-state index in [1.165, 1.54) is 30.1 Å². The highest BCUT2D eigenvalue weighted by Crippen LogP contribution is 2.25. The summed E-state index contributed by atoms with van der Waals surface area (Å²) in [5.41, 5.74) is 1.42. The summed E-state index contributed by atoms with van der Waals surface area (Å²) < 4.78 is 0. The van der Waals surface area contributed by atoms with Gasteiger partial charge < -0.3 is 5.32 Å². The van der Waals surface area contributed by atoms with E-state index in [1.54, 1.807) is 0 Å². The highest BCUT2D eigenvalue weighted by Gasteiger charge is 2.21. The quantitative estimate of drug-likeness (QED) is 0.873. The van der Waals surface area contributed by atoms with Crippen molar-refractivity contribution in [2.24, 2.45) is 5.92 Å². The van der Waals surface area contributed by atoms with Crippen LogP contribution in [0.15, 0.2) is 5.38 Å². The van der Waals surface area contributed by atoms with Gasteiger partial charge in [-0.25, -0.2) is 4.98 Å². The predicted octanol–water partition coefficient (Wildman–Crippen LogP) is 3.37. The summed E-state index contributed by atoms with van der Waals surface area (Å²) >= 11 is 1.82. The standard InChI is InChI=1S/C14H24N2S/c1-10-5-6-15-11(7-10)8-13-16-12(9-17-13)14(2,3)4/h9-11,15H,5-8H2,1-4H3. The number of hydrogen-bond acceptors (Lipinski definition) is 3. The Labute approximate surface area is 109 Å². The van der Waals surface area contributed by atoms with Gasteiger partial charge in [-0.05, 0) is 25.3 Å². The van der Waals surface area contributed by atoms with Crippen molar-refractivity contribution in [2.75, 3.05) is 6.54 Å². The first-order valence-electron chi connectivity index (χ1n) is 6.63. The van der Waals surface area contributed by atoms with E-state index in [-0.39, 0.29) is 5.41 Å². The number of nitrogens with one attached hydrogen (secondary N) is 1. The van der Waals surface area contributed by atoms with E-state index in [4.69, 9.17) is 4.98 Å². The van der Waals surface area contributed by atoms with E-state index in [9.17, 15) is 0 Å². The molecule has 0 amide bonds. The van der Waals surface area contributed by atoms with Crippen LogP contribution in [0.1, 0.15) is 51.2 Å². The van der Waals surface area contributed by atoms with Crippen LogP contribution in [-0.2, 0) is 11.8 Å². The second-order valence-electron chi connectivity index (χ2n) is 6.36. The maximum absolute atomic E-state index is 4.78. The van der Waals surface area contributed by atoms with Gasteiger partial charge in [0.1, 0.15) is 0 Å². The van der Waals surface area contributed by atoms with Crippen molar-refractivity contribution in [1.29, 1.82) is 0 Å². The second kappa shape index (κ2) is 5.07. The van der Waals surface area contributed by atoms with Crippen LogP contribution >= 0.6 is 11.3 Å². The Bertz CT molecular complexity index is 365. The molecule has 1 aromatic rings. The number of aromatic nitrogens is 1. The lowest BCUT2D eigenvalue weighted by Crippen LogP contribution is -2.38. The molecule has 2 unspecified atom stereocenters. The van der Waals surface area contributed by atoms with Crippen LogP contribution in [-0.4, -0.2) is 17.6 Å². The van der Waals surface area contributed by atoms with E-state index < -0.39 is 0 Å². The molecule has 0 saturated carbocycles. The molecule has 1 N–H and O–H groups in total. The van der Waals surface area contributed by atoms with Gasteiger partial charge in [-0.15, -0.1) is 11.3 Å². The maximum atomic E-state index is 4.78. The van der Waals surface area contributed by atoms with Crippen molar-refractivity contribution in [3.63, 3.8) is 0 Å². The van der Waals surface area contributed by atoms with E-state index in [0.717, 1.165) is 12.3 Å². The fraction of sp³-hybridized carbons (Fsp3) is 0.786. The van der Waals surface area contributed by atoms with Crippen molar-refractivity contribution in [3.05, 3.63) is 16.1 Å². The summed E-state index contributed by atoms with van der Waals surface area (Å²) in [5.74, 6) is 0.864. The van der Waals surface area contributed by atoms with Gasteiger partial charge in [-0.3, -0.25) is 0 Å². The third-order valence-corrected chi connectivity index (χ3v) is 4.37. The normalized spacial score (nSPS) is 26.1. The molecule has 17 heavy (non-hydrogen) atoms. The highest BCUT2D eigenvalue weighted by molar-refractivity contribution is 7.09. The Morgan fingerprint density at radius 3 is 2.82 bits per heavy atom. The minimum atomic E-state index is 0.183. The third kappa shape index (κ3) is 3.52. The fourth-order valence-electron chi connectivity index (χ4n) is 2.34. The molecule has 2 heterocycles. The number of thiazole rings is 1. The lowest BCUT2D eigenvalue weighted by molar-refractivity contribution is 0.318. The van der Waals surface area contributed by atoms with Gasteiger partial charge in [0.2, 0.25) is 0 Å². The van der Waals surface area contributed by atoms with Crippen LogP contribution in [0.25, 0.3) is 0 Å². The molecule has 1 saturated heterocycles. The fourth-order valence-corrected chi connectivity index (χ4v) is 3.44. The first-order valence-corrected chi connectivity index (χ1v) is 7.51. The molecule has 1 aromatic heterocycles. The van der Waals surface area contributed by atoms with Gasteiger partial charge in [0.15, 0.2) is 0 Å². The zero-order valence-electron chi connectivity index (χ0n) is 11.4. The summed E-state index contributed by atoms with van der Waals surface area (Å²) in [7, 11) is 0. The lowest BCUT2D eigenvalue weighted by Gasteiger charge is -2.27. The van der Waals surface area contributed by atoms with Crippen molar-refractivity contribution >= 4 is 11.3 Å². The molecule has 0 aliphatic carbocycles. The van der Waals surface area contributed by atoms with Gasteiger partial charge in [0.05, 0.1) is 10.7 Å². The van der Waals surface area contributed by atoms with E-state index in [2.05, 4.69) is 38.4 Å². The number of rotatable bonds is 2. The van der Waals surface area contributed by atoms with Gasteiger partial charge in [-0.1, -0.05) is 27.7 Å². The first kappa shape index (κ1) is 13.0. The average Bonchev–Trinajstić information content (AvgIpc) is 2.65. The molecule has 2 nitrogen and oxygen atoms in total. The molecule has 2 atom stereocenters. The molecule has 1 aliphatic heterocycles. The summed E-state index contributed by atoms with van der Waals surface area (Å²) in [5, 5.41) is 7.13. The van der Waals surface area contributed by atoms with Crippen LogP contribution in [0.2, 0.25) is 0 Å². The summed E-state index contributed by atoms with van der Waals surface area (Å²) in [6.45, 7) is 10.2. The van der Waals surface area contributed by atoms with E-state index >= 15 is 0 Å². The molecule has 1 aliphatic rings. The van der Waals surface area contributed by atoms with Crippen LogP contribution < -0.4 is 5.32 Å². The second-order valence-corrected chi connectivity index (χ2v) is 7.30. The molecule has 3 heteroatoms. The lowest BCUT2D eigenvalue weighted by atomic mass is 9.92. The Kier molecular flexibility index (Phi) is 3.88. The monoisotopic (exact) mass is 252 g/mol. The van der Waals surface area contributed by atoms with Gasteiger partial charge in [0, 0.05) is 23.3 Å². The van der Waals surface area contributed by atoms with Crippen molar-refractivity contribution in [3.8, 4) is 0 Å². The Hall–Kier alpha value is -0.410. The van der Waals surface area contributed by atoms with Gasteiger partial charge in [-0.2, -0.15) is 0 Å². The van der Waals surface area contributed by atoms with Crippen molar-refractivity contribution in [1.82, 2.24) is 10.3 Å². The highest BCUT2D eigenvalue weighted by atomic mass is 32.1. The number of hydrogen-bond donors (Lipinski definition) is 1. The zero-order chi connectivity index (χ0) is 12.5. The van der Waals surface area contributed by atoms with Crippen LogP contribution in [0.3, 0.4) is 0 Å². The Balaban J connectivity index is 1.97. The van der Waals surface area contributed by atoms with Crippen molar-refractivity contribution in [2.45, 2.75) is 58.4 Å². The summed E-state index contributed by atoms with van der Waals surface area (Å²) in [6.07, 6.45) is 3.72. The molecule has 96 valence electrons. The number of nitrogens with zero attached hydrogens (tertiary/aromatic N) is 1. The van der Waals surface area contributed by atoms with Gasteiger partial charge in [0.25, 0.3) is 0 Å². The molecular weight excluding hydrogens is 228 g/mol. The SMILES string of the molecule is CC1CCNC(Cc2nc(C(C)(C)C)cs2)C1. The smallest absolute Gasteiger partial charge is 0.0944 e. The Morgan fingerprint density at radius 1 is 1.47 bits per heavy atom. The molecule has 0 aromatic carbocycles. The topological polar surface area (TPSA) is 24.9 Å². The Morgan fingerprint density at radius 2 is 2.24 bits per heavy atom. The molecule has 2 rings (SSSR count).